The Kier molecular flexibility index (Phi) is 8.81. The van der Waals surface area contributed by atoms with Gasteiger partial charge in [-0.25, -0.2) is 0 Å². The number of nitrogens with one attached hydrogen (secondary N) is 2. The van der Waals surface area contributed by atoms with Crippen molar-refractivity contribution in [3.05, 3.63) is 0 Å². The van der Waals surface area contributed by atoms with Crippen molar-refractivity contribution in [2.75, 3.05) is 6.61 Å². The molecule has 2 atom stereocenters. The number of hydrogen-bond acceptors (Lipinski definition) is 5. The van der Waals surface area contributed by atoms with E-state index in [0.29, 0.717) is 6.42 Å². The van der Waals surface area contributed by atoms with Gasteiger partial charge in [0.25, 0.3) is 0 Å². The standard InChI is InChI=1S/C14H25N3O5/c1-5-22-12(19)7-10(13(15)20)17-14(21)11(6-8(2)3)16-9(4)18/h8,10-11H,5-7H2,1-4H3,(H2,15,20)(H,16,18)(H,17,21)/t10-,11+/m1/s1. The molecule has 126 valence electrons. The van der Waals surface area contributed by atoms with Crippen molar-refractivity contribution in [3.63, 3.8) is 0 Å². The van der Waals surface area contributed by atoms with Gasteiger partial charge in [-0.15, -0.1) is 0 Å². The topological polar surface area (TPSA) is 128 Å². The summed E-state index contributed by atoms with van der Waals surface area (Å²) >= 11 is 0. The van der Waals surface area contributed by atoms with Gasteiger partial charge in [0.15, 0.2) is 0 Å². The van der Waals surface area contributed by atoms with Crippen LogP contribution in [0.4, 0.5) is 0 Å². The number of rotatable bonds is 9. The van der Waals surface area contributed by atoms with Gasteiger partial charge >= 0.3 is 5.97 Å². The minimum absolute atomic E-state index is 0.152. The van der Waals surface area contributed by atoms with Gasteiger partial charge in [0.2, 0.25) is 17.7 Å². The van der Waals surface area contributed by atoms with Gasteiger partial charge in [0, 0.05) is 6.92 Å². The van der Waals surface area contributed by atoms with Crippen LogP contribution in [0, 0.1) is 5.92 Å². The van der Waals surface area contributed by atoms with E-state index >= 15 is 0 Å². The van der Waals surface area contributed by atoms with Crippen LogP contribution in [0.1, 0.15) is 40.5 Å². The second kappa shape index (κ2) is 9.75. The third-order valence-corrected chi connectivity index (χ3v) is 2.74. The number of ether oxygens (including phenoxy) is 1. The lowest BCUT2D eigenvalue weighted by molar-refractivity contribution is -0.145. The maximum Gasteiger partial charge on any atom is 0.308 e. The third-order valence-electron chi connectivity index (χ3n) is 2.74. The average Bonchev–Trinajstić information content (AvgIpc) is 2.36. The van der Waals surface area contributed by atoms with Gasteiger partial charge in [-0.3, -0.25) is 19.2 Å². The first-order chi connectivity index (χ1) is 10.2. The molecule has 3 amide bonds. The minimum atomic E-state index is -1.17. The van der Waals surface area contributed by atoms with E-state index in [0.717, 1.165) is 0 Å². The van der Waals surface area contributed by atoms with Crippen LogP contribution in [0.5, 0.6) is 0 Å². The Labute approximate surface area is 130 Å². The van der Waals surface area contributed by atoms with E-state index in [1.165, 1.54) is 6.92 Å². The summed E-state index contributed by atoms with van der Waals surface area (Å²) in [5, 5.41) is 4.90. The molecule has 0 fully saturated rings. The second-order valence-electron chi connectivity index (χ2n) is 5.36. The van der Waals surface area contributed by atoms with Gasteiger partial charge in [0.1, 0.15) is 12.1 Å². The van der Waals surface area contributed by atoms with Crippen LogP contribution in [0.2, 0.25) is 0 Å². The average molecular weight is 315 g/mol. The fourth-order valence-electron chi connectivity index (χ4n) is 1.83. The minimum Gasteiger partial charge on any atom is -0.466 e. The summed E-state index contributed by atoms with van der Waals surface area (Å²) < 4.78 is 4.73. The Morgan fingerprint density at radius 3 is 2.09 bits per heavy atom. The highest BCUT2D eigenvalue weighted by Gasteiger charge is 2.27. The Balaban J connectivity index is 4.84. The van der Waals surface area contributed by atoms with Crippen LogP contribution in [0.25, 0.3) is 0 Å². The van der Waals surface area contributed by atoms with E-state index in [9.17, 15) is 19.2 Å². The van der Waals surface area contributed by atoms with Crippen molar-refractivity contribution in [2.45, 2.75) is 52.6 Å². The zero-order valence-electron chi connectivity index (χ0n) is 13.5. The summed E-state index contributed by atoms with van der Waals surface area (Å²) in [6, 6.07) is -1.96. The number of nitrogens with two attached hydrogens (primary N) is 1. The van der Waals surface area contributed by atoms with Gasteiger partial charge in [0.05, 0.1) is 13.0 Å². The van der Waals surface area contributed by atoms with Crippen molar-refractivity contribution < 1.29 is 23.9 Å². The van der Waals surface area contributed by atoms with Crippen LogP contribution in [0.15, 0.2) is 0 Å². The Hall–Kier alpha value is -2.12. The fraction of sp³-hybridized carbons (Fsp3) is 0.714. The van der Waals surface area contributed by atoms with Crippen LogP contribution >= 0.6 is 0 Å². The molecule has 0 radical (unpaired) electrons. The van der Waals surface area contributed by atoms with Gasteiger partial charge in [-0.1, -0.05) is 13.8 Å². The molecule has 8 heteroatoms. The fourth-order valence-corrected chi connectivity index (χ4v) is 1.83. The molecule has 0 aromatic carbocycles. The maximum atomic E-state index is 12.2. The Bertz CT molecular complexity index is 423. The molecule has 0 aromatic heterocycles. The van der Waals surface area contributed by atoms with Gasteiger partial charge < -0.3 is 21.1 Å². The number of esters is 1. The van der Waals surface area contributed by atoms with Crippen molar-refractivity contribution in [3.8, 4) is 0 Å². The first kappa shape index (κ1) is 19.9. The highest BCUT2D eigenvalue weighted by molar-refractivity contribution is 5.93. The van der Waals surface area contributed by atoms with Crippen LogP contribution in [-0.2, 0) is 23.9 Å². The zero-order valence-corrected chi connectivity index (χ0v) is 13.5. The molecule has 4 N–H and O–H groups in total. The number of hydrogen-bond donors (Lipinski definition) is 3. The van der Waals surface area contributed by atoms with E-state index in [1.54, 1.807) is 6.92 Å². The highest BCUT2D eigenvalue weighted by atomic mass is 16.5. The molecule has 0 aliphatic rings. The Morgan fingerprint density at radius 2 is 1.68 bits per heavy atom. The van der Waals surface area contributed by atoms with Crippen LogP contribution in [-0.4, -0.2) is 42.4 Å². The first-order valence-electron chi connectivity index (χ1n) is 7.19. The summed E-state index contributed by atoms with van der Waals surface area (Å²) in [4.78, 5) is 46.1. The van der Waals surface area contributed by atoms with E-state index in [-0.39, 0.29) is 24.9 Å². The third kappa shape index (κ3) is 8.23. The molecule has 0 aromatic rings. The number of primary amides is 1. The molecular weight excluding hydrogens is 290 g/mol. The number of carbonyl (C=O) groups excluding carboxylic acids is 4. The molecule has 0 aliphatic carbocycles. The predicted octanol–water partition coefficient (Wildman–Crippen LogP) is -0.539. The predicted molar refractivity (Wildman–Crippen MR) is 79.4 cm³/mol. The second-order valence-corrected chi connectivity index (χ2v) is 5.36. The van der Waals surface area contributed by atoms with Crippen LogP contribution in [0.3, 0.4) is 0 Å². The van der Waals surface area contributed by atoms with E-state index in [1.807, 2.05) is 13.8 Å². The molecule has 8 nitrogen and oxygen atoms in total. The lowest BCUT2D eigenvalue weighted by Gasteiger charge is -2.22. The maximum absolute atomic E-state index is 12.2. The zero-order chi connectivity index (χ0) is 17.3. The molecular formula is C14H25N3O5. The molecule has 0 rings (SSSR count). The van der Waals surface area contributed by atoms with Crippen LogP contribution < -0.4 is 16.4 Å². The summed E-state index contributed by atoms with van der Waals surface area (Å²) in [5.41, 5.74) is 5.18. The van der Waals surface area contributed by atoms with Crippen molar-refractivity contribution in [1.82, 2.24) is 10.6 Å². The summed E-state index contributed by atoms with van der Waals surface area (Å²) in [6.45, 7) is 6.88. The number of amides is 3. The summed E-state index contributed by atoms with van der Waals surface area (Å²) in [7, 11) is 0. The van der Waals surface area contributed by atoms with Crippen molar-refractivity contribution >= 4 is 23.7 Å². The smallest absolute Gasteiger partial charge is 0.308 e. The normalized spacial score (nSPS) is 13.1. The summed E-state index contributed by atoms with van der Waals surface area (Å²) in [5.74, 6) is -2.24. The lowest BCUT2D eigenvalue weighted by atomic mass is 10.0. The SMILES string of the molecule is CCOC(=O)C[C@@H](NC(=O)[C@H](CC(C)C)NC(C)=O)C(N)=O. The van der Waals surface area contributed by atoms with Gasteiger partial charge in [-0.05, 0) is 19.3 Å². The molecule has 22 heavy (non-hydrogen) atoms. The first-order valence-corrected chi connectivity index (χ1v) is 7.19. The molecule has 0 saturated carbocycles. The van der Waals surface area contributed by atoms with E-state index < -0.39 is 29.9 Å². The van der Waals surface area contributed by atoms with Crippen molar-refractivity contribution in [2.24, 2.45) is 11.7 Å². The quantitative estimate of drug-likeness (QED) is 0.492. The van der Waals surface area contributed by atoms with E-state index in [2.05, 4.69) is 10.6 Å². The van der Waals surface area contributed by atoms with Crippen molar-refractivity contribution in [1.29, 1.82) is 0 Å². The highest BCUT2D eigenvalue weighted by Crippen LogP contribution is 2.06. The van der Waals surface area contributed by atoms with Gasteiger partial charge in [-0.2, -0.15) is 0 Å². The molecule has 0 spiro atoms. The van der Waals surface area contributed by atoms with E-state index in [4.69, 9.17) is 10.5 Å². The lowest BCUT2D eigenvalue weighted by Crippen LogP contribution is -2.53. The number of carbonyl (C=O) groups is 4. The monoisotopic (exact) mass is 315 g/mol. The molecule has 0 bridgehead atoms. The Morgan fingerprint density at radius 1 is 1.09 bits per heavy atom. The molecule has 0 heterocycles. The molecule has 0 aliphatic heterocycles. The molecule has 0 saturated heterocycles. The summed E-state index contributed by atoms with van der Waals surface area (Å²) in [6.07, 6.45) is 0.0552. The largest absolute Gasteiger partial charge is 0.466 e. The molecule has 0 unspecified atom stereocenters.